The Labute approximate surface area is 118 Å². The first kappa shape index (κ1) is 13.1. The zero-order valence-corrected chi connectivity index (χ0v) is 12.0. The first-order valence-electron chi connectivity index (χ1n) is 5.22. The summed E-state index contributed by atoms with van der Waals surface area (Å²) in [5.41, 5.74) is 1.02. The molecule has 0 radical (unpaired) electrons. The maximum atomic E-state index is 5.97. The number of ether oxygens (including phenoxy) is 1. The molecular formula is C12H11BrClN3O. The largest absolute Gasteiger partial charge is 0.496 e. The number of methoxy groups -OCH3 is 1. The van der Waals surface area contributed by atoms with Gasteiger partial charge in [0.05, 0.1) is 13.3 Å². The quantitative estimate of drug-likeness (QED) is 0.933. The van der Waals surface area contributed by atoms with Crippen molar-refractivity contribution >= 4 is 33.3 Å². The summed E-state index contributed by atoms with van der Waals surface area (Å²) in [6, 6.07) is 5.82. The molecule has 1 aromatic carbocycles. The van der Waals surface area contributed by atoms with Crippen LogP contribution in [0.5, 0.6) is 5.75 Å². The van der Waals surface area contributed by atoms with Gasteiger partial charge in [-0.25, -0.2) is 9.97 Å². The zero-order chi connectivity index (χ0) is 13.0. The predicted molar refractivity (Wildman–Crippen MR) is 75.1 cm³/mol. The Morgan fingerprint density at radius 1 is 1.44 bits per heavy atom. The second kappa shape index (κ2) is 6.02. The molecule has 0 bridgehead atoms. The second-order valence-corrected chi connectivity index (χ2v) is 4.85. The highest BCUT2D eigenvalue weighted by molar-refractivity contribution is 9.10. The number of aromatic nitrogens is 2. The number of benzene rings is 1. The van der Waals surface area contributed by atoms with Crippen molar-refractivity contribution < 1.29 is 4.74 Å². The Kier molecular flexibility index (Phi) is 4.38. The molecule has 0 amide bonds. The highest BCUT2D eigenvalue weighted by Gasteiger charge is 2.05. The van der Waals surface area contributed by atoms with E-state index in [1.807, 2.05) is 18.2 Å². The molecule has 18 heavy (non-hydrogen) atoms. The van der Waals surface area contributed by atoms with Gasteiger partial charge in [0.15, 0.2) is 0 Å². The fourth-order valence-corrected chi connectivity index (χ4v) is 2.09. The van der Waals surface area contributed by atoms with Crippen molar-refractivity contribution in [2.75, 3.05) is 12.4 Å². The van der Waals surface area contributed by atoms with Crippen LogP contribution in [0, 0.1) is 0 Å². The summed E-state index contributed by atoms with van der Waals surface area (Å²) in [6.45, 7) is 0.569. The van der Waals surface area contributed by atoms with E-state index in [-0.39, 0.29) is 0 Å². The number of anilines is 1. The minimum atomic E-state index is 0.492. The molecule has 0 fully saturated rings. The van der Waals surface area contributed by atoms with E-state index in [9.17, 15) is 0 Å². The molecule has 0 atom stereocenters. The van der Waals surface area contributed by atoms with Crippen LogP contribution in [0.15, 0.2) is 35.2 Å². The normalized spacial score (nSPS) is 10.2. The zero-order valence-electron chi connectivity index (χ0n) is 9.65. The van der Waals surface area contributed by atoms with Gasteiger partial charge in [-0.2, -0.15) is 0 Å². The SMILES string of the molecule is COc1ccc(Br)cc1CNc1ncncc1Cl. The van der Waals surface area contributed by atoms with Gasteiger partial charge in [-0.3, -0.25) is 0 Å². The highest BCUT2D eigenvalue weighted by Crippen LogP contribution is 2.24. The molecule has 94 valence electrons. The molecule has 0 spiro atoms. The highest BCUT2D eigenvalue weighted by atomic mass is 79.9. The van der Waals surface area contributed by atoms with Crippen molar-refractivity contribution in [2.45, 2.75) is 6.54 Å². The molecule has 0 aliphatic heterocycles. The van der Waals surface area contributed by atoms with Gasteiger partial charge in [0.25, 0.3) is 0 Å². The van der Waals surface area contributed by atoms with Crippen LogP contribution in [-0.2, 0) is 6.54 Å². The van der Waals surface area contributed by atoms with Crippen LogP contribution in [0.25, 0.3) is 0 Å². The number of nitrogens with zero attached hydrogens (tertiary/aromatic N) is 2. The standard InChI is InChI=1S/C12H11BrClN3O/c1-18-11-3-2-9(13)4-8(11)5-16-12-10(14)6-15-7-17-12/h2-4,6-7H,5H2,1H3,(H,15,16,17). The van der Waals surface area contributed by atoms with Crippen LogP contribution in [0.4, 0.5) is 5.82 Å². The van der Waals surface area contributed by atoms with Gasteiger partial charge in [0.2, 0.25) is 0 Å². The summed E-state index contributed by atoms with van der Waals surface area (Å²) in [4.78, 5) is 7.90. The molecule has 0 saturated carbocycles. The van der Waals surface area contributed by atoms with E-state index in [4.69, 9.17) is 16.3 Å². The van der Waals surface area contributed by atoms with Crippen LogP contribution >= 0.6 is 27.5 Å². The van der Waals surface area contributed by atoms with E-state index in [1.165, 1.54) is 6.33 Å². The molecule has 1 heterocycles. The molecule has 0 saturated heterocycles. The van der Waals surface area contributed by atoms with E-state index >= 15 is 0 Å². The third-order valence-electron chi connectivity index (χ3n) is 2.36. The van der Waals surface area contributed by atoms with Crippen LogP contribution in [-0.4, -0.2) is 17.1 Å². The number of rotatable bonds is 4. The smallest absolute Gasteiger partial charge is 0.148 e. The number of nitrogens with one attached hydrogen (secondary N) is 1. The lowest BCUT2D eigenvalue weighted by Gasteiger charge is -2.11. The fraction of sp³-hybridized carbons (Fsp3) is 0.167. The molecule has 2 rings (SSSR count). The number of hydrogen-bond donors (Lipinski definition) is 1. The Balaban J connectivity index is 2.15. The molecule has 0 aliphatic rings. The molecule has 2 aromatic rings. The van der Waals surface area contributed by atoms with Crippen LogP contribution in [0.3, 0.4) is 0 Å². The number of halogens is 2. The van der Waals surface area contributed by atoms with Gasteiger partial charge in [-0.05, 0) is 18.2 Å². The molecule has 6 heteroatoms. The van der Waals surface area contributed by atoms with E-state index in [0.29, 0.717) is 17.4 Å². The third-order valence-corrected chi connectivity index (χ3v) is 3.13. The van der Waals surface area contributed by atoms with E-state index < -0.39 is 0 Å². The van der Waals surface area contributed by atoms with Crippen molar-refractivity contribution in [3.05, 3.63) is 45.8 Å². The molecule has 4 nitrogen and oxygen atoms in total. The maximum absolute atomic E-state index is 5.97. The predicted octanol–water partition coefficient (Wildman–Crippen LogP) is 3.51. The molecule has 1 aromatic heterocycles. The summed E-state index contributed by atoms with van der Waals surface area (Å²) in [5, 5.41) is 3.64. The first-order valence-corrected chi connectivity index (χ1v) is 6.39. The van der Waals surface area contributed by atoms with Crippen molar-refractivity contribution in [1.82, 2.24) is 9.97 Å². The first-order chi connectivity index (χ1) is 8.70. The van der Waals surface area contributed by atoms with Crippen molar-refractivity contribution in [3.63, 3.8) is 0 Å². The van der Waals surface area contributed by atoms with Crippen molar-refractivity contribution in [1.29, 1.82) is 0 Å². The Hall–Kier alpha value is -1.33. The lowest BCUT2D eigenvalue weighted by Crippen LogP contribution is -2.04. The molecular weight excluding hydrogens is 318 g/mol. The number of hydrogen-bond acceptors (Lipinski definition) is 4. The Morgan fingerprint density at radius 3 is 3.00 bits per heavy atom. The summed E-state index contributed by atoms with van der Waals surface area (Å²) >= 11 is 9.40. The van der Waals surface area contributed by atoms with E-state index in [1.54, 1.807) is 13.3 Å². The lowest BCUT2D eigenvalue weighted by atomic mass is 10.2. The topological polar surface area (TPSA) is 47.0 Å². The summed E-state index contributed by atoms with van der Waals surface area (Å²) in [5.74, 6) is 1.42. The molecule has 1 N–H and O–H groups in total. The minimum absolute atomic E-state index is 0.492. The van der Waals surface area contributed by atoms with Gasteiger partial charge in [-0.1, -0.05) is 27.5 Å². The average molecular weight is 329 g/mol. The minimum Gasteiger partial charge on any atom is -0.496 e. The van der Waals surface area contributed by atoms with Crippen LogP contribution < -0.4 is 10.1 Å². The monoisotopic (exact) mass is 327 g/mol. The Bertz CT molecular complexity index is 551. The van der Waals surface area contributed by atoms with Gasteiger partial charge in [0, 0.05) is 16.6 Å². The summed E-state index contributed by atoms with van der Waals surface area (Å²) in [7, 11) is 1.64. The van der Waals surface area contributed by atoms with Crippen molar-refractivity contribution in [2.24, 2.45) is 0 Å². The van der Waals surface area contributed by atoms with E-state index in [2.05, 4.69) is 31.2 Å². The molecule has 0 unspecified atom stereocenters. The van der Waals surface area contributed by atoms with Gasteiger partial charge in [-0.15, -0.1) is 0 Å². The lowest BCUT2D eigenvalue weighted by molar-refractivity contribution is 0.410. The van der Waals surface area contributed by atoms with E-state index in [0.717, 1.165) is 15.8 Å². The third kappa shape index (κ3) is 3.11. The summed E-state index contributed by atoms with van der Waals surface area (Å²) < 4.78 is 6.29. The van der Waals surface area contributed by atoms with Crippen molar-refractivity contribution in [3.8, 4) is 5.75 Å². The van der Waals surface area contributed by atoms with Gasteiger partial charge < -0.3 is 10.1 Å². The molecule has 0 aliphatic carbocycles. The maximum Gasteiger partial charge on any atom is 0.148 e. The Morgan fingerprint density at radius 2 is 2.28 bits per heavy atom. The van der Waals surface area contributed by atoms with Gasteiger partial charge in [0.1, 0.15) is 22.9 Å². The summed E-state index contributed by atoms with van der Waals surface area (Å²) in [6.07, 6.45) is 3.00. The van der Waals surface area contributed by atoms with Crippen LogP contribution in [0.1, 0.15) is 5.56 Å². The van der Waals surface area contributed by atoms with Crippen LogP contribution in [0.2, 0.25) is 5.02 Å². The fourth-order valence-electron chi connectivity index (χ4n) is 1.51. The average Bonchev–Trinajstić information content (AvgIpc) is 2.38. The second-order valence-electron chi connectivity index (χ2n) is 3.53. The van der Waals surface area contributed by atoms with Gasteiger partial charge >= 0.3 is 0 Å².